The molecule has 2 unspecified atom stereocenters. The molecule has 0 amide bonds. The van der Waals surface area contributed by atoms with Crippen LogP contribution in [-0.2, 0) is 9.53 Å². The van der Waals surface area contributed by atoms with E-state index in [4.69, 9.17) is 4.74 Å². The first-order valence-corrected chi connectivity index (χ1v) is 5.07. The van der Waals surface area contributed by atoms with Crippen LogP contribution in [0, 0.1) is 5.92 Å². The van der Waals surface area contributed by atoms with Gasteiger partial charge in [-0.1, -0.05) is 13.0 Å². The molecule has 3 nitrogen and oxygen atoms in total. The van der Waals surface area contributed by atoms with Crippen molar-refractivity contribution in [2.75, 3.05) is 26.3 Å². The van der Waals surface area contributed by atoms with E-state index in [0.717, 1.165) is 19.4 Å². The lowest BCUT2D eigenvalue weighted by Crippen LogP contribution is -2.55. The minimum absolute atomic E-state index is 0.165. The molecule has 0 saturated carbocycles. The highest BCUT2D eigenvalue weighted by atomic mass is 16.5. The first-order valence-electron chi connectivity index (χ1n) is 5.07. The van der Waals surface area contributed by atoms with Gasteiger partial charge in [0.2, 0.25) is 0 Å². The molecule has 0 aromatic rings. The molecule has 1 aliphatic heterocycles. The minimum atomic E-state index is -0.425. The van der Waals surface area contributed by atoms with Crippen molar-refractivity contribution in [2.24, 2.45) is 5.92 Å². The summed E-state index contributed by atoms with van der Waals surface area (Å²) in [5.74, 6) is 0.165. The Bertz CT molecular complexity index is 211. The van der Waals surface area contributed by atoms with Crippen molar-refractivity contribution < 1.29 is 9.53 Å². The Morgan fingerprint density at radius 1 is 1.50 bits per heavy atom. The summed E-state index contributed by atoms with van der Waals surface area (Å²) in [5.41, 5.74) is -0.425. The van der Waals surface area contributed by atoms with Crippen LogP contribution in [0.5, 0.6) is 0 Å². The van der Waals surface area contributed by atoms with Crippen LogP contribution in [0.2, 0.25) is 0 Å². The first-order chi connectivity index (χ1) is 6.65. The van der Waals surface area contributed by atoms with Crippen LogP contribution >= 0.6 is 0 Å². The van der Waals surface area contributed by atoms with Gasteiger partial charge in [-0.3, -0.25) is 4.90 Å². The molecule has 2 atom stereocenters. The number of morpholine rings is 1. The largest absolute Gasteiger partial charge is 0.379 e. The number of rotatable bonds is 4. The van der Waals surface area contributed by atoms with E-state index in [1.54, 1.807) is 0 Å². The SMILES string of the molecule is C=CC(C)C(C)(C=O)N1CCOCC1. The van der Waals surface area contributed by atoms with E-state index in [-0.39, 0.29) is 5.92 Å². The molecule has 3 heteroatoms. The van der Waals surface area contributed by atoms with Crippen LogP contribution < -0.4 is 0 Å². The molecular weight excluding hydrogens is 178 g/mol. The average Bonchev–Trinajstić information content (AvgIpc) is 2.28. The topological polar surface area (TPSA) is 29.5 Å². The normalized spacial score (nSPS) is 25.0. The number of aldehydes is 1. The maximum absolute atomic E-state index is 11.2. The molecule has 0 N–H and O–H groups in total. The van der Waals surface area contributed by atoms with Gasteiger partial charge in [-0.05, 0) is 12.8 Å². The summed E-state index contributed by atoms with van der Waals surface area (Å²) in [6.07, 6.45) is 2.87. The molecule has 1 aliphatic rings. The highest BCUT2D eigenvalue weighted by Gasteiger charge is 2.36. The number of nitrogens with zero attached hydrogens (tertiary/aromatic N) is 1. The predicted molar refractivity (Wildman–Crippen MR) is 56.2 cm³/mol. The first kappa shape index (κ1) is 11.4. The standard InChI is InChI=1S/C11H19NO2/c1-4-10(2)11(3,9-13)12-5-7-14-8-6-12/h4,9-10H,1,5-8H2,2-3H3. The minimum Gasteiger partial charge on any atom is -0.379 e. The molecule has 0 spiro atoms. The van der Waals surface area contributed by atoms with Gasteiger partial charge in [-0.15, -0.1) is 6.58 Å². The third-order valence-electron chi connectivity index (χ3n) is 3.21. The van der Waals surface area contributed by atoms with Crippen molar-refractivity contribution in [3.63, 3.8) is 0 Å². The maximum atomic E-state index is 11.2. The van der Waals surface area contributed by atoms with Gasteiger partial charge in [-0.25, -0.2) is 0 Å². The van der Waals surface area contributed by atoms with Gasteiger partial charge < -0.3 is 9.53 Å². The van der Waals surface area contributed by atoms with Gasteiger partial charge in [0.05, 0.1) is 18.8 Å². The fraction of sp³-hybridized carbons (Fsp3) is 0.727. The Morgan fingerprint density at radius 2 is 2.07 bits per heavy atom. The van der Waals surface area contributed by atoms with E-state index in [1.807, 2.05) is 19.9 Å². The molecule has 0 aliphatic carbocycles. The zero-order chi connectivity index (χ0) is 10.6. The van der Waals surface area contributed by atoms with Gasteiger partial charge in [0.15, 0.2) is 0 Å². The Hall–Kier alpha value is -0.670. The quantitative estimate of drug-likeness (QED) is 0.499. The van der Waals surface area contributed by atoms with Crippen molar-refractivity contribution in [1.29, 1.82) is 0 Å². The maximum Gasteiger partial charge on any atom is 0.140 e. The van der Waals surface area contributed by atoms with Gasteiger partial charge >= 0.3 is 0 Å². The van der Waals surface area contributed by atoms with Crippen LogP contribution in [0.25, 0.3) is 0 Å². The number of hydrogen-bond donors (Lipinski definition) is 0. The highest BCUT2D eigenvalue weighted by molar-refractivity contribution is 5.64. The third-order valence-corrected chi connectivity index (χ3v) is 3.21. The number of hydrogen-bond acceptors (Lipinski definition) is 3. The summed E-state index contributed by atoms with van der Waals surface area (Å²) < 4.78 is 5.27. The summed E-state index contributed by atoms with van der Waals surface area (Å²) in [7, 11) is 0. The Labute approximate surface area is 85.7 Å². The molecule has 1 saturated heterocycles. The second kappa shape index (κ2) is 4.71. The Kier molecular flexibility index (Phi) is 3.84. The molecule has 80 valence electrons. The summed E-state index contributed by atoms with van der Waals surface area (Å²) >= 11 is 0. The van der Waals surface area contributed by atoms with Crippen LogP contribution in [0.1, 0.15) is 13.8 Å². The molecule has 14 heavy (non-hydrogen) atoms. The van der Waals surface area contributed by atoms with Crippen molar-refractivity contribution in [1.82, 2.24) is 4.90 Å². The summed E-state index contributed by atoms with van der Waals surface area (Å²) in [5, 5.41) is 0. The molecule has 1 rings (SSSR count). The lowest BCUT2D eigenvalue weighted by molar-refractivity contribution is -0.123. The van der Waals surface area contributed by atoms with Gasteiger partial charge in [0.1, 0.15) is 6.29 Å². The monoisotopic (exact) mass is 197 g/mol. The summed E-state index contributed by atoms with van der Waals surface area (Å²) in [6.45, 7) is 10.8. The van der Waals surface area contributed by atoms with E-state index in [2.05, 4.69) is 11.5 Å². The second-order valence-corrected chi connectivity index (χ2v) is 3.97. The molecule has 0 aromatic heterocycles. The molecular formula is C11H19NO2. The van der Waals surface area contributed by atoms with Crippen molar-refractivity contribution in [3.8, 4) is 0 Å². The lowest BCUT2D eigenvalue weighted by atomic mass is 9.86. The molecule has 0 aromatic carbocycles. The third kappa shape index (κ3) is 2.04. The number of ether oxygens (including phenoxy) is 1. The van der Waals surface area contributed by atoms with Gasteiger partial charge in [-0.2, -0.15) is 0 Å². The molecule has 1 fully saturated rings. The highest BCUT2D eigenvalue weighted by Crippen LogP contribution is 2.24. The Balaban J connectivity index is 2.75. The summed E-state index contributed by atoms with van der Waals surface area (Å²) in [4.78, 5) is 13.4. The predicted octanol–water partition coefficient (Wildman–Crippen LogP) is 1.10. The molecule has 0 bridgehead atoms. The van der Waals surface area contributed by atoms with Crippen LogP contribution in [0.3, 0.4) is 0 Å². The van der Waals surface area contributed by atoms with Gasteiger partial charge in [0, 0.05) is 13.1 Å². The van der Waals surface area contributed by atoms with Crippen molar-refractivity contribution in [3.05, 3.63) is 12.7 Å². The lowest BCUT2D eigenvalue weighted by Gasteiger charge is -2.42. The van der Waals surface area contributed by atoms with E-state index in [9.17, 15) is 4.79 Å². The molecule has 1 heterocycles. The van der Waals surface area contributed by atoms with Crippen LogP contribution in [0.4, 0.5) is 0 Å². The van der Waals surface area contributed by atoms with Gasteiger partial charge in [0.25, 0.3) is 0 Å². The van der Waals surface area contributed by atoms with E-state index in [1.165, 1.54) is 0 Å². The molecule has 0 radical (unpaired) electrons. The zero-order valence-electron chi connectivity index (χ0n) is 9.03. The second-order valence-electron chi connectivity index (χ2n) is 3.97. The zero-order valence-corrected chi connectivity index (χ0v) is 9.03. The van der Waals surface area contributed by atoms with Crippen LogP contribution in [-0.4, -0.2) is 43.0 Å². The van der Waals surface area contributed by atoms with Crippen molar-refractivity contribution >= 4 is 6.29 Å². The summed E-state index contributed by atoms with van der Waals surface area (Å²) in [6, 6.07) is 0. The van der Waals surface area contributed by atoms with Crippen LogP contribution in [0.15, 0.2) is 12.7 Å². The number of carbonyl (C=O) groups excluding carboxylic acids is 1. The smallest absolute Gasteiger partial charge is 0.140 e. The number of carbonyl (C=O) groups is 1. The van der Waals surface area contributed by atoms with E-state index < -0.39 is 5.54 Å². The van der Waals surface area contributed by atoms with E-state index in [0.29, 0.717) is 13.2 Å². The Morgan fingerprint density at radius 3 is 2.50 bits per heavy atom. The fourth-order valence-electron chi connectivity index (χ4n) is 1.75. The van der Waals surface area contributed by atoms with Crippen molar-refractivity contribution in [2.45, 2.75) is 19.4 Å². The fourth-order valence-corrected chi connectivity index (χ4v) is 1.75. The van der Waals surface area contributed by atoms with E-state index >= 15 is 0 Å². The average molecular weight is 197 g/mol.